The van der Waals surface area contributed by atoms with Gasteiger partial charge >= 0.3 is 23.2 Å². The number of nitrogens with one attached hydrogen (secondary N) is 1. The molecule has 2 aromatic heterocycles. The predicted molar refractivity (Wildman–Crippen MR) is 110 cm³/mol. The molecule has 0 aliphatic heterocycles. The van der Waals surface area contributed by atoms with Crippen molar-refractivity contribution in [1.82, 2.24) is 19.3 Å². The first-order chi connectivity index (χ1) is 14.7. The summed E-state index contributed by atoms with van der Waals surface area (Å²) in [6.45, 7) is 0. The Bertz CT molecular complexity index is 1350. The first kappa shape index (κ1) is 20.7. The van der Waals surface area contributed by atoms with Gasteiger partial charge in [-0.1, -0.05) is 23.2 Å². The predicted octanol–water partition coefficient (Wildman–Crippen LogP) is 1.97. The molecule has 1 amide bonds. The van der Waals surface area contributed by atoms with E-state index in [1.54, 1.807) is 10.8 Å². The van der Waals surface area contributed by atoms with E-state index in [9.17, 15) is 19.2 Å². The van der Waals surface area contributed by atoms with Crippen molar-refractivity contribution in [2.75, 3.05) is 0 Å². The maximum Gasteiger partial charge on any atom is 0.411 e. The molecular weight excluding hydrogens is 453 g/mol. The Morgan fingerprint density at radius 2 is 1.84 bits per heavy atom. The second-order valence-electron chi connectivity index (χ2n) is 6.58. The Balaban J connectivity index is 1.71. The molecule has 0 spiro atoms. The molecule has 2 heterocycles. The Kier molecular flexibility index (Phi) is 5.29. The maximum atomic E-state index is 12.1. The number of rotatable bonds is 5. The van der Waals surface area contributed by atoms with E-state index in [1.165, 1.54) is 24.3 Å². The number of hydrogen-bond acceptors (Lipinski definition) is 7. The van der Waals surface area contributed by atoms with Crippen LogP contribution in [0.4, 0.5) is 4.79 Å². The van der Waals surface area contributed by atoms with Crippen LogP contribution in [0.25, 0.3) is 5.69 Å². The summed E-state index contributed by atoms with van der Waals surface area (Å²) >= 11 is 12.6. The van der Waals surface area contributed by atoms with E-state index in [0.29, 0.717) is 10.4 Å². The Morgan fingerprint density at radius 3 is 2.45 bits per heavy atom. The Morgan fingerprint density at radius 1 is 1.16 bits per heavy atom. The SMILES string of the molecule is NC(=O)Oc1nn(-c2cc(Cl)c(Oc3ccc(=O)n(C4CC4)c3)c(Cl)c2)c(=O)[nH]c1=O. The molecule has 3 aromatic rings. The normalized spacial score (nSPS) is 13.1. The number of amides is 1. The van der Waals surface area contributed by atoms with Gasteiger partial charge in [0.15, 0.2) is 5.75 Å². The summed E-state index contributed by atoms with van der Waals surface area (Å²) in [7, 11) is 0. The fourth-order valence-corrected chi connectivity index (χ4v) is 3.34. The first-order valence-electron chi connectivity index (χ1n) is 8.83. The third kappa shape index (κ3) is 4.32. The standard InChI is InChI=1S/C18H13Cl2N5O6/c19-11-5-9(25-18(29)22-15(27)16(23-25)31-17(21)28)6-12(20)14(11)30-10-3-4-13(26)24(7-10)8-1-2-8/h3-8H,1-2H2,(H2,21,28)(H,22,27,29). The van der Waals surface area contributed by atoms with E-state index in [0.717, 1.165) is 12.8 Å². The van der Waals surface area contributed by atoms with Gasteiger partial charge in [0, 0.05) is 12.1 Å². The Hall–Kier alpha value is -3.57. The van der Waals surface area contributed by atoms with E-state index in [-0.39, 0.29) is 33.1 Å². The van der Waals surface area contributed by atoms with E-state index in [2.05, 4.69) is 9.84 Å². The maximum absolute atomic E-state index is 12.1. The van der Waals surface area contributed by atoms with Crippen molar-refractivity contribution in [1.29, 1.82) is 0 Å². The van der Waals surface area contributed by atoms with Crippen molar-refractivity contribution in [3.63, 3.8) is 0 Å². The number of pyridine rings is 1. The number of nitrogens with zero attached hydrogens (tertiary/aromatic N) is 3. The van der Waals surface area contributed by atoms with Crippen LogP contribution in [0.2, 0.25) is 10.0 Å². The van der Waals surface area contributed by atoms with Gasteiger partial charge in [-0.3, -0.25) is 14.6 Å². The van der Waals surface area contributed by atoms with Crippen LogP contribution >= 0.6 is 23.2 Å². The lowest BCUT2D eigenvalue weighted by Crippen LogP contribution is -2.34. The van der Waals surface area contributed by atoms with Crippen molar-refractivity contribution in [2.45, 2.75) is 18.9 Å². The molecule has 1 fully saturated rings. The summed E-state index contributed by atoms with van der Waals surface area (Å²) in [6, 6.07) is 5.64. The van der Waals surface area contributed by atoms with Crippen molar-refractivity contribution < 1.29 is 14.3 Å². The molecule has 0 radical (unpaired) electrons. The molecule has 1 aliphatic carbocycles. The number of hydrogen-bond donors (Lipinski definition) is 2. The highest BCUT2D eigenvalue weighted by Crippen LogP contribution is 2.39. The second-order valence-corrected chi connectivity index (χ2v) is 7.39. The average molecular weight is 466 g/mol. The van der Waals surface area contributed by atoms with Gasteiger partial charge in [0.1, 0.15) is 5.75 Å². The van der Waals surface area contributed by atoms with Gasteiger partial charge < -0.3 is 19.8 Å². The number of aromatic amines is 1. The Labute approximate surface area is 182 Å². The molecule has 3 N–H and O–H groups in total. The van der Waals surface area contributed by atoms with Gasteiger partial charge in [-0.05, 0) is 31.0 Å². The molecule has 1 saturated carbocycles. The average Bonchev–Trinajstić information content (AvgIpc) is 3.52. The smallest absolute Gasteiger partial charge is 0.411 e. The van der Waals surface area contributed by atoms with Crippen LogP contribution in [0.1, 0.15) is 18.9 Å². The molecule has 0 bridgehead atoms. The second kappa shape index (κ2) is 7.93. The number of halogens is 2. The summed E-state index contributed by atoms with van der Waals surface area (Å²) in [5, 5.41) is 3.70. The first-order valence-corrected chi connectivity index (χ1v) is 9.59. The molecule has 0 saturated heterocycles. The molecule has 11 nitrogen and oxygen atoms in total. The third-order valence-corrected chi connectivity index (χ3v) is 4.86. The van der Waals surface area contributed by atoms with Crippen LogP contribution in [-0.4, -0.2) is 25.4 Å². The minimum Gasteiger partial charge on any atom is -0.453 e. The summed E-state index contributed by atoms with van der Waals surface area (Å²) in [5.41, 5.74) is 2.83. The van der Waals surface area contributed by atoms with Crippen LogP contribution in [0.3, 0.4) is 0 Å². The minimum absolute atomic E-state index is 0.0175. The van der Waals surface area contributed by atoms with Gasteiger partial charge in [0.05, 0.1) is 21.9 Å². The van der Waals surface area contributed by atoms with E-state index in [1.807, 2.05) is 4.98 Å². The van der Waals surface area contributed by atoms with Crippen molar-refractivity contribution in [3.8, 4) is 23.1 Å². The van der Waals surface area contributed by atoms with Crippen LogP contribution < -0.4 is 32.0 Å². The highest BCUT2D eigenvalue weighted by molar-refractivity contribution is 6.37. The van der Waals surface area contributed by atoms with Crippen molar-refractivity contribution in [3.05, 3.63) is 71.7 Å². The molecule has 0 unspecified atom stereocenters. The molecule has 160 valence electrons. The van der Waals surface area contributed by atoms with Gasteiger partial charge in [0.2, 0.25) is 0 Å². The molecule has 31 heavy (non-hydrogen) atoms. The number of carbonyl (C=O) groups excluding carboxylic acids is 1. The molecule has 1 aliphatic rings. The quantitative estimate of drug-likeness (QED) is 0.583. The summed E-state index contributed by atoms with van der Waals surface area (Å²) in [5.74, 6) is -0.305. The number of carbonyl (C=O) groups is 1. The highest BCUT2D eigenvalue weighted by Gasteiger charge is 2.25. The van der Waals surface area contributed by atoms with Gasteiger partial charge in [-0.15, -0.1) is 5.10 Å². The van der Waals surface area contributed by atoms with Crippen LogP contribution in [0.5, 0.6) is 17.4 Å². The molecule has 13 heteroatoms. The zero-order chi connectivity index (χ0) is 22.3. The summed E-state index contributed by atoms with van der Waals surface area (Å²) in [4.78, 5) is 48.6. The number of nitrogens with two attached hydrogens (primary N) is 1. The molecular formula is C18H13Cl2N5O6. The molecule has 0 atom stereocenters. The summed E-state index contributed by atoms with van der Waals surface area (Å²) < 4.78 is 12.5. The lowest BCUT2D eigenvalue weighted by atomic mass is 10.3. The van der Waals surface area contributed by atoms with Crippen LogP contribution in [0.15, 0.2) is 44.8 Å². The highest BCUT2D eigenvalue weighted by atomic mass is 35.5. The number of benzene rings is 1. The van der Waals surface area contributed by atoms with Gasteiger partial charge in [-0.25, -0.2) is 9.59 Å². The fraction of sp³-hybridized carbons (Fsp3) is 0.167. The van der Waals surface area contributed by atoms with E-state index >= 15 is 0 Å². The fourth-order valence-electron chi connectivity index (χ4n) is 2.79. The zero-order valence-corrected chi connectivity index (χ0v) is 17.0. The number of H-pyrrole nitrogens is 1. The zero-order valence-electron chi connectivity index (χ0n) is 15.5. The van der Waals surface area contributed by atoms with Crippen LogP contribution in [0, 0.1) is 0 Å². The lowest BCUT2D eigenvalue weighted by Gasteiger charge is -2.13. The van der Waals surface area contributed by atoms with Gasteiger partial charge in [0.25, 0.3) is 5.56 Å². The minimum atomic E-state index is -1.28. The van der Waals surface area contributed by atoms with Gasteiger partial charge in [-0.2, -0.15) is 4.68 Å². The summed E-state index contributed by atoms with van der Waals surface area (Å²) in [6.07, 6.45) is 2.13. The van der Waals surface area contributed by atoms with Crippen molar-refractivity contribution >= 4 is 29.3 Å². The van der Waals surface area contributed by atoms with Crippen molar-refractivity contribution in [2.24, 2.45) is 5.73 Å². The van der Waals surface area contributed by atoms with Crippen LogP contribution in [-0.2, 0) is 0 Å². The number of aromatic nitrogens is 4. The van der Waals surface area contributed by atoms with E-state index in [4.69, 9.17) is 33.7 Å². The molecule has 1 aromatic carbocycles. The lowest BCUT2D eigenvalue weighted by molar-refractivity contribution is 0.207. The number of primary amides is 1. The van der Waals surface area contributed by atoms with E-state index < -0.39 is 23.2 Å². The monoisotopic (exact) mass is 465 g/mol. The largest absolute Gasteiger partial charge is 0.453 e. The third-order valence-electron chi connectivity index (χ3n) is 4.29. The number of ether oxygens (including phenoxy) is 2. The topological polar surface area (TPSA) is 151 Å². The molecule has 4 rings (SSSR count).